The molecule has 0 spiro atoms. The number of phenolic OH excluding ortho intramolecular Hbond substituents is 1. The maximum absolute atomic E-state index is 9.50. The van der Waals surface area contributed by atoms with Crippen LogP contribution in [0.25, 0.3) is 0 Å². The van der Waals surface area contributed by atoms with Crippen molar-refractivity contribution in [2.45, 2.75) is 32.9 Å². The molecule has 2 heteroatoms. The van der Waals surface area contributed by atoms with E-state index in [9.17, 15) is 5.11 Å². The number of aromatic hydroxyl groups is 1. The van der Waals surface area contributed by atoms with E-state index in [4.69, 9.17) is 0 Å². The van der Waals surface area contributed by atoms with Crippen LogP contribution in [0.4, 0.5) is 0 Å². The third kappa shape index (κ3) is 3.58. The van der Waals surface area contributed by atoms with Gasteiger partial charge in [-0.15, -0.1) is 0 Å². The van der Waals surface area contributed by atoms with Crippen LogP contribution < -0.4 is 5.32 Å². The quantitative estimate of drug-likeness (QED) is 0.851. The predicted molar refractivity (Wildman–Crippen MR) is 79.2 cm³/mol. The summed E-state index contributed by atoms with van der Waals surface area (Å²) < 4.78 is 0. The van der Waals surface area contributed by atoms with E-state index in [1.54, 1.807) is 6.07 Å². The average molecular weight is 255 g/mol. The fourth-order valence-electron chi connectivity index (χ4n) is 2.25. The Hall–Kier alpha value is -1.80. The number of hydrogen-bond donors (Lipinski definition) is 2. The molecule has 2 aromatic rings. The molecule has 2 aromatic carbocycles. The number of aryl methyl sites for hydroxylation is 1. The van der Waals surface area contributed by atoms with Crippen LogP contribution >= 0.6 is 0 Å². The number of nitrogens with one attached hydrogen (secondary N) is 1. The van der Waals surface area contributed by atoms with Crippen LogP contribution in [0.1, 0.15) is 36.6 Å². The van der Waals surface area contributed by atoms with Gasteiger partial charge in [-0.1, -0.05) is 43.3 Å². The van der Waals surface area contributed by atoms with Gasteiger partial charge in [-0.25, -0.2) is 0 Å². The van der Waals surface area contributed by atoms with Crippen molar-refractivity contribution in [1.29, 1.82) is 0 Å². The number of phenols is 1. The van der Waals surface area contributed by atoms with Gasteiger partial charge in [-0.2, -0.15) is 0 Å². The van der Waals surface area contributed by atoms with E-state index in [0.717, 1.165) is 18.5 Å². The first-order chi connectivity index (χ1) is 9.20. The first kappa shape index (κ1) is 13.6. The van der Waals surface area contributed by atoms with Crippen molar-refractivity contribution in [2.75, 3.05) is 0 Å². The molecule has 0 saturated carbocycles. The van der Waals surface area contributed by atoms with E-state index in [2.05, 4.69) is 43.4 Å². The third-order valence-electron chi connectivity index (χ3n) is 3.47. The predicted octanol–water partition coefficient (Wildman–Crippen LogP) is 3.81. The Morgan fingerprint density at radius 3 is 2.47 bits per heavy atom. The van der Waals surface area contributed by atoms with Crippen LogP contribution in [-0.2, 0) is 13.0 Å². The van der Waals surface area contributed by atoms with Gasteiger partial charge in [-0.3, -0.25) is 0 Å². The number of hydrogen-bond acceptors (Lipinski definition) is 2. The Morgan fingerprint density at radius 1 is 1.05 bits per heavy atom. The largest absolute Gasteiger partial charge is 0.508 e. The zero-order valence-corrected chi connectivity index (χ0v) is 11.6. The van der Waals surface area contributed by atoms with Gasteiger partial charge in [0.1, 0.15) is 5.75 Å². The Balaban J connectivity index is 2.02. The van der Waals surface area contributed by atoms with Crippen LogP contribution in [0.15, 0.2) is 48.5 Å². The van der Waals surface area contributed by atoms with E-state index in [-0.39, 0.29) is 6.04 Å². The molecular weight excluding hydrogens is 234 g/mol. The van der Waals surface area contributed by atoms with Gasteiger partial charge in [-0.05, 0) is 42.2 Å². The van der Waals surface area contributed by atoms with Gasteiger partial charge in [0.05, 0.1) is 0 Å². The molecule has 0 aliphatic carbocycles. The molecule has 0 aliphatic heterocycles. The van der Waals surface area contributed by atoms with Gasteiger partial charge >= 0.3 is 0 Å². The Labute approximate surface area is 115 Å². The molecule has 0 amide bonds. The van der Waals surface area contributed by atoms with Crippen molar-refractivity contribution < 1.29 is 5.11 Å². The van der Waals surface area contributed by atoms with Crippen molar-refractivity contribution in [1.82, 2.24) is 5.32 Å². The lowest BCUT2D eigenvalue weighted by molar-refractivity contribution is 0.472. The second-order valence-electron chi connectivity index (χ2n) is 4.82. The topological polar surface area (TPSA) is 32.3 Å². The SMILES string of the molecule is CCc1ccccc1CNC(C)c1cccc(O)c1. The molecule has 1 atom stereocenters. The highest BCUT2D eigenvalue weighted by molar-refractivity contribution is 5.30. The van der Waals surface area contributed by atoms with Crippen molar-refractivity contribution in [3.63, 3.8) is 0 Å². The van der Waals surface area contributed by atoms with Crippen LogP contribution in [0.3, 0.4) is 0 Å². The van der Waals surface area contributed by atoms with E-state index >= 15 is 0 Å². The summed E-state index contributed by atoms with van der Waals surface area (Å²) in [5.41, 5.74) is 3.84. The molecule has 0 bridgehead atoms. The number of rotatable bonds is 5. The molecule has 0 fully saturated rings. The molecule has 2 nitrogen and oxygen atoms in total. The van der Waals surface area contributed by atoms with Crippen LogP contribution in [0, 0.1) is 0 Å². The lowest BCUT2D eigenvalue weighted by Gasteiger charge is -2.16. The first-order valence-electron chi connectivity index (χ1n) is 6.79. The summed E-state index contributed by atoms with van der Waals surface area (Å²) in [7, 11) is 0. The van der Waals surface area contributed by atoms with Crippen molar-refractivity contribution in [3.05, 3.63) is 65.2 Å². The van der Waals surface area contributed by atoms with Crippen LogP contribution in [0.5, 0.6) is 5.75 Å². The second kappa shape index (κ2) is 6.39. The maximum atomic E-state index is 9.50. The normalized spacial score (nSPS) is 12.3. The molecule has 0 aliphatic rings. The standard InChI is InChI=1S/C17H21NO/c1-3-14-7-4-5-8-16(14)12-18-13(2)15-9-6-10-17(19)11-15/h4-11,13,18-19H,3,12H2,1-2H3. The summed E-state index contributed by atoms with van der Waals surface area (Å²) >= 11 is 0. The maximum Gasteiger partial charge on any atom is 0.115 e. The van der Waals surface area contributed by atoms with Crippen molar-refractivity contribution in [3.8, 4) is 5.75 Å². The lowest BCUT2D eigenvalue weighted by Crippen LogP contribution is -2.18. The molecular formula is C17H21NO. The van der Waals surface area contributed by atoms with Gasteiger partial charge in [0, 0.05) is 12.6 Å². The highest BCUT2D eigenvalue weighted by atomic mass is 16.3. The fraction of sp³-hybridized carbons (Fsp3) is 0.294. The minimum absolute atomic E-state index is 0.219. The van der Waals surface area contributed by atoms with Crippen LogP contribution in [0.2, 0.25) is 0 Å². The summed E-state index contributed by atoms with van der Waals surface area (Å²) in [5.74, 6) is 0.320. The minimum Gasteiger partial charge on any atom is -0.508 e. The summed E-state index contributed by atoms with van der Waals surface area (Å²) in [6, 6.07) is 16.1. The van der Waals surface area contributed by atoms with E-state index < -0.39 is 0 Å². The molecule has 100 valence electrons. The van der Waals surface area contributed by atoms with E-state index in [1.165, 1.54) is 11.1 Å². The summed E-state index contributed by atoms with van der Waals surface area (Å²) in [4.78, 5) is 0. The van der Waals surface area contributed by atoms with Crippen molar-refractivity contribution >= 4 is 0 Å². The molecule has 0 radical (unpaired) electrons. The zero-order chi connectivity index (χ0) is 13.7. The van der Waals surface area contributed by atoms with Gasteiger partial charge in [0.15, 0.2) is 0 Å². The molecule has 0 aromatic heterocycles. The average Bonchev–Trinajstić information content (AvgIpc) is 2.45. The Kier molecular flexibility index (Phi) is 4.58. The molecule has 1 unspecified atom stereocenters. The van der Waals surface area contributed by atoms with E-state index in [0.29, 0.717) is 5.75 Å². The smallest absolute Gasteiger partial charge is 0.115 e. The van der Waals surface area contributed by atoms with Crippen molar-refractivity contribution in [2.24, 2.45) is 0 Å². The fourth-order valence-corrected chi connectivity index (χ4v) is 2.25. The lowest BCUT2D eigenvalue weighted by atomic mass is 10.0. The highest BCUT2D eigenvalue weighted by Gasteiger charge is 2.06. The van der Waals surface area contributed by atoms with Gasteiger partial charge < -0.3 is 10.4 Å². The summed E-state index contributed by atoms with van der Waals surface area (Å²) in [6.07, 6.45) is 1.05. The van der Waals surface area contributed by atoms with Crippen LogP contribution in [-0.4, -0.2) is 5.11 Å². The molecule has 2 rings (SSSR count). The molecule has 0 saturated heterocycles. The van der Waals surface area contributed by atoms with E-state index in [1.807, 2.05) is 18.2 Å². The van der Waals surface area contributed by atoms with Gasteiger partial charge in [0.25, 0.3) is 0 Å². The minimum atomic E-state index is 0.219. The molecule has 0 heterocycles. The summed E-state index contributed by atoms with van der Waals surface area (Å²) in [5, 5.41) is 13.0. The molecule has 2 N–H and O–H groups in total. The second-order valence-corrected chi connectivity index (χ2v) is 4.82. The highest BCUT2D eigenvalue weighted by Crippen LogP contribution is 2.18. The first-order valence-corrected chi connectivity index (χ1v) is 6.79. The molecule has 19 heavy (non-hydrogen) atoms. The zero-order valence-electron chi connectivity index (χ0n) is 11.6. The number of benzene rings is 2. The summed E-state index contributed by atoms with van der Waals surface area (Å²) in [6.45, 7) is 5.14. The third-order valence-corrected chi connectivity index (χ3v) is 3.47. The van der Waals surface area contributed by atoms with Gasteiger partial charge in [0.2, 0.25) is 0 Å². The Bertz CT molecular complexity index is 536. The Morgan fingerprint density at radius 2 is 1.79 bits per heavy atom. The monoisotopic (exact) mass is 255 g/mol.